The average molecular weight is 966 g/mol. The number of aromatic nitrogens is 4. The first-order chi connectivity index (χ1) is 32.0. The predicted octanol–water partition coefficient (Wildman–Crippen LogP) is 19.9. The first-order valence-corrected chi connectivity index (χ1v) is 29.9. The van der Waals surface area contributed by atoms with Crippen molar-refractivity contribution >= 4 is 79.1 Å². The lowest BCUT2D eigenvalue weighted by Crippen LogP contribution is -2.01. The van der Waals surface area contributed by atoms with Gasteiger partial charge in [-0.1, -0.05) is 157 Å². The third-order valence-corrected chi connectivity index (χ3v) is 18.4. The minimum Gasteiger partial charge on any atom is -0.242 e. The van der Waals surface area contributed by atoms with E-state index in [-0.39, 0.29) is 0 Å². The van der Waals surface area contributed by atoms with Crippen LogP contribution in [0.5, 0.6) is 0 Å². The molecule has 0 bridgehead atoms. The Morgan fingerprint density at radius 1 is 0.446 bits per heavy atom. The van der Waals surface area contributed by atoms with Crippen LogP contribution < -0.4 is 0 Å². The first kappa shape index (κ1) is 50.1. The van der Waals surface area contributed by atoms with Crippen molar-refractivity contribution in [2.45, 2.75) is 196 Å². The molecule has 0 N–H and O–H groups in total. The molecular formula is C56H76N4S5. The monoisotopic (exact) mass is 964 g/mol. The van der Waals surface area contributed by atoms with Gasteiger partial charge in [-0.25, -0.2) is 9.97 Å². The van der Waals surface area contributed by atoms with E-state index >= 15 is 0 Å². The fourth-order valence-corrected chi connectivity index (χ4v) is 14.3. The SMILES string of the molecule is CCCCCCCCc1csc(-c2c3nsnc3c(-c3cc(CCCCCCCC)cs3)c3nc(-c4ccc(CC(CC)CCCC)s4)c(-c4ccc(CC(CC)CCCC)s4)nc23)c1. The van der Waals surface area contributed by atoms with E-state index < -0.39 is 0 Å². The average Bonchev–Trinajstić information content (AvgIpc) is 4.20. The minimum atomic E-state index is 0.711. The number of hydrogen-bond donors (Lipinski definition) is 0. The zero-order chi connectivity index (χ0) is 45.4. The van der Waals surface area contributed by atoms with E-state index in [1.807, 2.05) is 45.3 Å². The highest BCUT2D eigenvalue weighted by Crippen LogP contribution is 2.48. The third kappa shape index (κ3) is 13.2. The molecule has 6 aromatic heterocycles. The summed E-state index contributed by atoms with van der Waals surface area (Å²) in [6.07, 6.45) is 30.3. The van der Waals surface area contributed by atoms with Crippen LogP contribution in [0.1, 0.15) is 191 Å². The number of benzene rings is 1. The molecule has 0 aliphatic carbocycles. The molecule has 7 aromatic rings. The second kappa shape index (κ2) is 26.1. The van der Waals surface area contributed by atoms with Gasteiger partial charge in [0.2, 0.25) is 0 Å². The molecule has 0 saturated carbocycles. The Labute approximate surface area is 412 Å². The second-order valence-corrected chi connectivity index (χ2v) is 23.5. The van der Waals surface area contributed by atoms with Gasteiger partial charge in [-0.05, 0) is 109 Å². The normalized spacial score (nSPS) is 12.9. The summed E-state index contributed by atoms with van der Waals surface area (Å²) in [4.78, 5) is 19.6. The Hall–Kier alpha value is -2.82. The quantitative estimate of drug-likeness (QED) is 0.0422. The molecule has 350 valence electrons. The molecule has 0 saturated heterocycles. The van der Waals surface area contributed by atoms with Crippen LogP contribution in [0.3, 0.4) is 0 Å². The maximum Gasteiger partial charge on any atom is 0.116 e. The molecule has 0 aliphatic heterocycles. The summed E-state index contributed by atoms with van der Waals surface area (Å²) in [5.41, 5.74) is 10.9. The molecule has 2 unspecified atom stereocenters. The Balaban J connectivity index is 1.37. The van der Waals surface area contributed by atoms with Crippen molar-refractivity contribution in [1.29, 1.82) is 0 Å². The molecule has 9 heteroatoms. The van der Waals surface area contributed by atoms with Crippen molar-refractivity contribution in [2.24, 2.45) is 11.8 Å². The second-order valence-electron chi connectivity index (χ2n) is 18.8. The lowest BCUT2D eigenvalue weighted by molar-refractivity contribution is 0.452. The molecule has 6 heterocycles. The van der Waals surface area contributed by atoms with Gasteiger partial charge in [0, 0.05) is 30.6 Å². The number of hydrogen-bond acceptors (Lipinski definition) is 9. The van der Waals surface area contributed by atoms with E-state index in [9.17, 15) is 0 Å². The van der Waals surface area contributed by atoms with Crippen LogP contribution in [-0.4, -0.2) is 18.7 Å². The Kier molecular flexibility index (Phi) is 20.1. The number of thiophene rings is 4. The number of unbranched alkanes of at least 4 members (excludes halogenated alkanes) is 12. The van der Waals surface area contributed by atoms with Crippen LogP contribution >= 0.6 is 57.1 Å². The Bertz CT molecular complexity index is 2310. The van der Waals surface area contributed by atoms with Crippen molar-refractivity contribution in [2.75, 3.05) is 0 Å². The van der Waals surface area contributed by atoms with Crippen LogP contribution in [0.4, 0.5) is 0 Å². The molecular weight excluding hydrogens is 889 g/mol. The summed E-state index contributed by atoms with van der Waals surface area (Å²) in [5, 5.41) is 4.77. The van der Waals surface area contributed by atoms with Gasteiger partial charge in [-0.2, -0.15) is 8.75 Å². The van der Waals surface area contributed by atoms with Gasteiger partial charge in [-0.3, -0.25) is 0 Å². The Morgan fingerprint density at radius 2 is 0.862 bits per heavy atom. The molecule has 0 fully saturated rings. The molecule has 65 heavy (non-hydrogen) atoms. The Morgan fingerprint density at radius 3 is 1.28 bits per heavy atom. The van der Waals surface area contributed by atoms with Crippen LogP contribution in [0.25, 0.3) is 64.1 Å². The van der Waals surface area contributed by atoms with E-state index in [0.717, 1.165) is 70.3 Å². The molecule has 0 spiro atoms. The van der Waals surface area contributed by atoms with Gasteiger partial charge < -0.3 is 0 Å². The number of nitrogens with zero attached hydrogens (tertiary/aromatic N) is 4. The van der Waals surface area contributed by atoms with Crippen LogP contribution in [0.15, 0.2) is 47.2 Å². The molecule has 7 rings (SSSR count). The number of rotatable bonds is 30. The molecule has 0 radical (unpaired) electrons. The topological polar surface area (TPSA) is 51.6 Å². The van der Waals surface area contributed by atoms with Gasteiger partial charge in [0.1, 0.15) is 33.5 Å². The zero-order valence-electron chi connectivity index (χ0n) is 40.6. The van der Waals surface area contributed by atoms with Crippen molar-refractivity contribution in [3.63, 3.8) is 0 Å². The fourth-order valence-electron chi connectivity index (χ4n) is 9.52. The van der Waals surface area contributed by atoms with Gasteiger partial charge in [0.05, 0.1) is 21.5 Å². The highest BCUT2D eigenvalue weighted by Gasteiger charge is 2.27. The minimum absolute atomic E-state index is 0.711. The van der Waals surface area contributed by atoms with Gasteiger partial charge in [0.25, 0.3) is 0 Å². The molecule has 0 amide bonds. The van der Waals surface area contributed by atoms with E-state index in [1.54, 1.807) is 0 Å². The van der Waals surface area contributed by atoms with Crippen LogP contribution in [0, 0.1) is 11.8 Å². The van der Waals surface area contributed by atoms with E-state index in [2.05, 4.69) is 88.7 Å². The summed E-state index contributed by atoms with van der Waals surface area (Å²) < 4.78 is 10.3. The summed E-state index contributed by atoms with van der Waals surface area (Å²) >= 11 is 8.89. The van der Waals surface area contributed by atoms with Crippen molar-refractivity contribution in [1.82, 2.24) is 18.7 Å². The van der Waals surface area contributed by atoms with E-state index in [0.29, 0.717) is 11.8 Å². The van der Waals surface area contributed by atoms with Crippen molar-refractivity contribution in [3.8, 4) is 42.0 Å². The first-order valence-electron chi connectivity index (χ1n) is 25.8. The predicted molar refractivity (Wildman–Crippen MR) is 292 cm³/mol. The van der Waals surface area contributed by atoms with Crippen LogP contribution in [0.2, 0.25) is 0 Å². The van der Waals surface area contributed by atoms with Gasteiger partial charge >= 0.3 is 0 Å². The smallest absolute Gasteiger partial charge is 0.116 e. The van der Waals surface area contributed by atoms with Crippen molar-refractivity contribution < 1.29 is 0 Å². The third-order valence-electron chi connectivity index (χ3n) is 13.6. The highest BCUT2D eigenvalue weighted by molar-refractivity contribution is 7.16. The zero-order valence-corrected chi connectivity index (χ0v) is 44.7. The van der Waals surface area contributed by atoms with E-state index in [4.69, 9.17) is 18.7 Å². The summed E-state index contributed by atoms with van der Waals surface area (Å²) in [7, 11) is 0. The van der Waals surface area contributed by atoms with Crippen molar-refractivity contribution in [3.05, 3.63) is 68.0 Å². The summed E-state index contributed by atoms with van der Waals surface area (Å²) in [6, 6.07) is 14.3. The fraction of sp³-hybridized carbons (Fsp3) is 0.571. The van der Waals surface area contributed by atoms with Crippen LogP contribution in [-0.2, 0) is 25.7 Å². The van der Waals surface area contributed by atoms with E-state index in [1.165, 1.54) is 181 Å². The molecule has 2 atom stereocenters. The molecule has 4 nitrogen and oxygen atoms in total. The summed E-state index contributed by atoms with van der Waals surface area (Å²) in [5.74, 6) is 1.42. The molecule has 1 aromatic carbocycles. The standard InChI is InChI=1S/C56H76N4S5/c1-7-13-17-19-21-23-27-41-35-47(61-37-41)49-53-54(50(56-55(49)59-65-60-56)48-36-42(38-62-48)28-24-22-20-18-14-8-2)58-52(46-32-30-44(64-46)34-40(12-6)26-16-10-4)51(57-53)45-31-29-43(63-45)33-39(11-5)25-15-9-3/h29-32,35-40H,7-28,33-34H2,1-6H3. The van der Waals surface area contributed by atoms with Gasteiger partial charge in [0.15, 0.2) is 0 Å². The molecule has 0 aliphatic rings. The number of aryl methyl sites for hydroxylation is 2. The maximum atomic E-state index is 5.91. The largest absolute Gasteiger partial charge is 0.242 e. The lowest BCUT2D eigenvalue weighted by Gasteiger charge is -2.15. The van der Waals surface area contributed by atoms with Gasteiger partial charge in [-0.15, -0.1) is 45.3 Å². The lowest BCUT2D eigenvalue weighted by atomic mass is 9.95. The summed E-state index contributed by atoms with van der Waals surface area (Å²) in [6.45, 7) is 14.0. The number of fused-ring (bicyclic) bond motifs is 2. The highest BCUT2D eigenvalue weighted by atomic mass is 32.1. The maximum absolute atomic E-state index is 5.91.